The van der Waals surface area contributed by atoms with Crippen LogP contribution in [0.4, 0.5) is 22.0 Å². The van der Waals surface area contributed by atoms with Crippen LogP contribution in [0.15, 0.2) is 53.5 Å². The maximum atomic E-state index is 12.7. The Balaban J connectivity index is 1.37. The van der Waals surface area contributed by atoms with Crippen molar-refractivity contribution in [2.75, 3.05) is 36.4 Å². The van der Waals surface area contributed by atoms with Crippen LogP contribution < -0.4 is 15.8 Å². The molecule has 0 radical (unpaired) electrons. The maximum absolute atomic E-state index is 12.7. The van der Waals surface area contributed by atoms with Gasteiger partial charge in [0.05, 0.1) is 22.3 Å². The third-order valence-electron chi connectivity index (χ3n) is 6.62. The second-order valence-electron chi connectivity index (χ2n) is 10.7. The molecule has 1 aliphatic rings. The third-order valence-corrected chi connectivity index (χ3v) is 7.64. The monoisotopic (exact) mass is 614 g/mol. The minimum atomic E-state index is -0.534. The average Bonchev–Trinajstić information content (AvgIpc) is 2.91. The van der Waals surface area contributed by atoms with Gasteiger partial charge in [-0.3, -0.25) is 4.79 Å². The number of amides is 1. The summed E-state index contributed by atoms with van der Waals surface area (Å²) in [5, 5.41) is 12.1. The van der Waals surface area contributed by atoms with Crippen LogP contribution >= 0.6 is 34.8 Å². The van der Waals surface area contributed by atoms with Gasteiger partial charge in [0.25, 0.3) is 5.56 Å². The Morgan fingerprint density at radius 1 is 1.02 bits per heavy atom. The number of pyridine rings is 1. The number of hydrogen-bond acceptors (Lipinski definition) is 7. The van der Waals surface area contributed by atoms with Crippen molar-refractivity contribution in [3.8, 4) is 0 Å². The molecule has 1 fully saturated rings. The van der Waals surface area contributed by atoms with Crippen molar-refractivity contribution in [2.24, 2.45) is 0 Å². The van der Waals surface area contributed by atoms with Crippen molar-refractivity contribution in [3.05, 3.63) is 85.3 Å². The summed E-state index contributed by atoms with van der Waals surface area (Å²) in [4.78, 5) is 33.8. The van der Waals surface area contributed by atoms with Crippen LogP contribution in [-0.2, 0) is 11.2 Å². The molecule has 2 N–H and O–H groups in total. The van der Waals surface area contributed by atoms with Crippen molar-refractivity contribution >= 4 is 68.9 Å². The number of hydrogen-bond donors (Lipinski definition) is 2. The molecule has 0 aliphatic carbocycles. The normalized spacial score (nSPS) is 13.9. The van der Waals surface area contributed by atoms with Gasteiger partial charge in [0, 0.05) is 59.4 Å². The standard InChI is InChI=1S/C29H29Cl3N6O3/c1-29(2,3)41-28(40)38-11-9-37(10-12-38)19-7-8-24(23(32)15-19)35-26-25-17(16-33-36-27(25)39)13-18(34-26)14-20-21(30)5-4-6-22(20)31/h4-8,13,15-16H,9-12,14H2,1-3H3,(H,34,35)(H,36,39). The number of aromatic nitrogens is 3. The van der Waals surface area contributed by atoms with E-state index in [-0.39, 0.29) is 11.7 Å². The van der Waals surface area contributed by atoms with Crippen molar-refractivity contribution < 1.29 is 9.53 Å². The van der Waals surface area contributed by atoms with Crippen molar-refractivity contribution in [1.29, 1.82) is 0 Å². The number of nitrogens with zero attached hydrogens (tertiary/aromatic N) is 4. The molecular formula is C29H29Cl3N6O3. The van der Waals surface area contributed by atoms with Gasteiger partial charge in [0.15, 0.2) is 0 Å². The van der Waals surface area contributed by atoms with Crippen LogP contribution in [0.5, 0.6) is 0 Å². The first-order valence-corrected chi connectivity index (χ1v) is 14.2. The summed E-state index contributed by atoms with van der Waals surface area (Å²) in [6.45, 7) is 7.94. The van der Waals surface area contributed by atoms with E-state index in [1.54, 1.807) is 35.4 Å². The van der Waals surface area contributed by atoms with Gasteiger partial charge in [0.1, 0.15) is 11.4 Å². The minimum Gasteiger partial charge on any atom is -0.444 e. The fourth-order valence-electron chi connectivity index (χ4n) is 4.64. The van der Waals surface area contributed by atoms with E-state index in [0.717, 1.165) is 11.3 Å². The highest BCUT2D eigenvalue weighted by molar-refractivity contribution is 6.36. The number of carbonyl (C=O) groups is 1. The number of benzene rings is 2. The van der Waals surface area contributed by atoms with Gasteiger partial charge in [-0.25, -0.2) is 14.9 Å². The molecule has 0 spiro atoms. The van der Waals surface area contributed by atoms with Crippen LogP contribution in [0.3, 0.4) is 0 Å². The zero-order chi connectivity index (χ0) is 29.3. The predicted octanol–water partition coefficient (Wildman–Crippen LogP) is 6.67. The second kappa shape index (κ2) is 11.8. The summed E-state index contributed by atoms with van der Waals surface area (Å²) < 4.78 is 5.49. The number of nitrogens with one attached hydrogen (secondary N) is 2. The van der Waals surface area contributed by atoms with E-state index in [1.165, 1.54) is 0 Å². The van der Waals surface area contributed by atoms with E-state index < -0.39 is 5.60 Å². The van der Waals surface area contributed by atoms with Crippen molar-refractivity contribution in [1.82, 2.24) is 20.1 Å². The van der Waals surface area contributed by atoms with Crippen LogP contribution in [0.2, 0.25) is 15.1 Å². The molecule has 0 saturated carbocycles. The second-order valence-corrected chi connectivity index (χ2v) is 12.0. The number of piperazine rings is 1. The lowest BCUT2D eigenvalue weighted by Gasteiger charge is -2.36. The third kappa shape index (κ3) is 6.69. The molecule has 1 saturated heterocycles. The number of H-pyrrole nitrogens is 1. The van der Waals surface area contributed by atoms with E-state index in [9.17, 15) is 9.59 Å². The lowest BCUT2D eigenvalue weighted by molar-refractivity contribution is 0.0240. The zero-order valence-corrected chi connectivity index (χ0v) is 25.1. The van der Waals surface area contributed by atoms with Crippen LogP contribution in [0.25, 0.3) is 10.8 Å². The van der Waals surface area contributed by atoms with E-state index in [1.807, 2.05) is 39.0 Å². The van der Waals surface area contributed by atoms with Crippen LogP contribution in [-0.4, -0.2) is 58.0 Å². The Hall–Kier alpha value is -3.53. The average molecular weight is 616 g/mol. The van der Waals surface area contributed by atoms with Crippen LogP contribution in [0.1, 0.15) is 32.0 Å². The summed E-state index contributed by atoms with van der Waals surface area (Å²) in [5.74, 6) is 0.338. The molecule has 12 heteroatoms. The summed E-state index contributed by atoms with van der Waals surface area (Å²) in [5.41, 5.74) is 1.98. The Bertz CT molecular complexity index is 1640. The van der Waals surface area contributed by atoms with Crippen molar-refractivity contribution in [3.63, 3.8) is 0 Å². The Morgan fingerprint density at radius 2 is 1.73 bits per heavy atom. The van der Waals surface area contributed by atoms with Gasteiger partial charge < -0.3 is 19.9 Å². The molecule has 1 amide bonds. The minimum absolute atomic E-state index is 0.307. The quantitative estimate of drug-likeness (QED) is 0.258. The molecule has 214 valence electrons. The first-order chi connectivity index (χ1) is 19.5. The summed E-state index contributed by atoms with van der Waals surface area (Å²) >= 11 is 19.5. The fraction of sp³-hybridized carbons (Fsp3) is 0.310. The molecule has 0 unspecified atom stereocenters. The smallest absolute Gasteiger partial charge is 0.410 e. The number of aromatic amines is 1. The molecule has 9 nitrogen and oxygen atoms in total. The lowest BCUT2D eigenvalue weighted by Crippen LogP contribution is -2.50. The summed E-state index contributed by atoms with van der Waals surface area (Å²) in [6, 6.07) is 12.8. The topological polar surface area (TPSA) is 103 Å². The zero-order valence-electron chi connectivity index (χ0n) is 22.8. The molecule has 3 heterocycles. The lowest BCUT2D eigenvalue weighted by atomic mass is 10.1. The van der Waals surface area contributed by atoms with Gasteiger partial charge in [0.2, 0.25) is 0 Å². The molecule has 41 heavy (non-hydrogen) atoms. The molecule has 2 aromatic heterocycles. The van der Waals surface area contributed by atoms with Gasteiger partial charge in [-0.1, -0.05) is 40.9 Å². The van der Waals surface area contributed by atoms with Gasteiger partial charge in [-0.05, 0) is 62.7 Å². The van der Waals surface area contributed by atoms with Gasteiger partial charge in [-0.2, -0.15) is 5.10 Å². The largest absolute Gasteiger partial charge is 0.444 e. The summed E-state index contributed by atoms with van der Waals surface area (Å²) in [7, 11) is 0. The predicted molar refractivity (Wildman–Crippen MR) is 164 cm³/mol. The Morgan fingerprint density at radius 3 is 2.39 bits per heavy atom. The number of carbonyl (C=O) groups excluding carboxylic acids is 1. The number of rotatable bonds is 5. The van der Waals surface area contributed by atoms with Crippen LogP contribution in [0, 0.1) is 0 Å². The molecule has 2 aromatic carbocycles. The van der Waals surface area contributed by atoms with Gasteiger partial charge in [-0.15, -0.1) is 0 Å². The summed E-state index contributed by atoms with van der Waals surface area (Å²) in [6.07, 6.45) is 1.62. The number of anilines is 3. The van der Waals surface area contributed by atoms with Crippen molar-refractivity contribution in [2.45, 2.75) is 32.8 Å². The molecule has 4 aromatic rings. The molecule has 1 aliphatic heterocycles. The number of ether oxygens (including phenoxy) is 1. The molecule has 0 bridgehead atoms. The molecule has 0 atom stereocenters. The van der Waals surface area contributed by atoms with E-state index in [4.69, 9.17) is 44.5 Å². The first-order valence-electron chi connectivity index (χ1n) is 13.1. The van der Waals surface area contributed by atoms with E-state index in [2.05, 4.69) is 20.4 Å². The fourth-order valence-corrected chi connectivity index (χ4v) is 5.40. The van der Waals surface area contributed by atoms with E-state index in [0.29, 0.717) is 75.6 Å². The first kappa shape index (κ1) is 29.0. The Kier molecular flexibility index (Phi) is 8.31. The highest BCUT2D eigenvalue weighted by Gasteiger charge is 2.26. The molecular weight excluding hydrogens is 587 g/mol. The highest BCUT2D eigenvalue weighted by Crippen LogP contribution is 2.33. The number of halogens is 3. The van der Waals surface area contributed by atoms with Gasteiger partial charge >= 0.3 is 6.09 Å². The SMILES string of the molecule is CC(C)(C)OC(=O)N1CCN(c2ccc(Nc3nc(Cc4c(Cl)cccc4Cl)cc4cn[nH]c(=O)c34)c(Cl)c2)CC1. The molecule has 5 rings (SSSR count). The highest BCUT2D eigenvalue weighted by atomic mass is 35.5. The number of fused-ring (bicyclic) bond motifs is 1. The Labute approximate surface area is 252 Å². The van der Waals surface area contributed by atoms with E-state index >= 15 is 0 Å². The maximum Gasteiger partial charge on any atom is 0.410 e.